The fourth-order valence-corrected chi connectivity index (χ4v) is 2.47. The second kappa shape index (κ2) is 6.25. The van der Waals surface area contributed by atoms with Crippen LogP contribution in [0.1, 0.15) is 38.1 Å². The molecular weight excluding hydrogens is 290 g/mol. The maximum absolute atomic E-state index is 11.7. The number of halogens is 1. The highest BCUT2D eigenvalue weighted by atomic mass is 35.5. The third kappa shape index (κ3) is 5.94. The van der Waals surface area contributed by atoms with Crippen LogP contribution in [0.15, 0.2) is 12.1 Å². The molecule has 1 rings (SSSR count). The zero-order valence-electron chi connectivity index (χ0n) is 10.9. The lowest BCUT2D eigenvalue weighted by atomic mass is 10.1. The number of carbonyl (C=O) groups excluding carboxylic acids is 1. The largest absolute Gasteiger partial charge is 0.481 e. The molecule has 7 heteroatoms. The number of carboxylic acids is 1. The number of hydrogen-bond donors (Lipinski definition) is 2. The first-order chi connectivity index (χ1) is 8.67. The van der Waals surface area contributed by atoms with Gasteiger partial charge in [0.1, 0.15) is 5.60 Å². The van der Waals surface area contributed by atoms with Gasteiger partial charge in [-0.05, 0) is 32.9 Å². The third-order valence-electron chi connectivity index (χ3n) is 2.01. The Kier molecular flexibility index (Phi) is 5.20. The number of aliphatic carboxylic acids is 1. The van der Waals surface area contributed by atoms with Gasteiger partial charge in [0.15, 0.2) is 0 Å². The van der Waals surface area contributed by atoms with E-state index in [1.807, 2.05) is 0 Å². The van der Waals surface area contributed by atoms with Gasteiger partial charge in [-0.15, -0.1) is 11.3 Å². The summed E-state index contributed by atoms with van der Waals surface area (Å²) in [5.41, 5.74) is -0.634. The van der Waals surface area contributed by atoms with Crippen molar-refractivity contribution in [2.24, 2.45) is 0 Å². The summed E-state index contributed by atoms with van der Waals surface area (Å²) in [5.74, 6) is -1.01. The summed E-state index contributed by atoms with van der Waals surface area (Å²) in [6, 6.07) is 2.70. The highest BCUT2D eigenvalue weighted by molar-refractivity contribution is 7.16. The van der Waals surface area contributed by atoms with Crippen molar-refractivity contribution in [3.63, 3.8) is 0 Å². The van der Waals surface area contributed by atoms with Gasteiger partial charge >= 0.3 is 12.1 Å². The number of thiophene rings is 1. The van der Waals surface area contributed by atoms with E-state index in [0.717, 1.165) is 0 Å². The second-order valence-corrected chi connectivity index (χ2v) is 6.69. The van der Waals surface area contributed by atoms with Crippen LogP contribution in [-0.2, 0) is 9.53 Å². The van der Waals surface area contributed by atoms with Gasteiger partial charge in [0.25, 0.3) is 0 Å². The minimum atomic E-state index is -1.01. The number of ether oxygens (including phenoxy) is 1. The Morgan fingerprint density at radius 3 is 2.53 bits per heavy atom. The molecule has 0 aliphatic rings. The van der Waals surface area contributed by atoms with Gasteiger partial charge in [-0.3, -0.25) is 4.79 Å². The van der Waals surface area contributed by atoms with Crippen LogP contribution >= 0.6 is 22.9 Å². The van der Waals surface area contributed by atoms with Gasteiger partial charge < -0.3 is 15.2 Å². The maximum atomic E-state index is 11.7. The predicted molar refractivity (Wildman–Crippen MR) is 73.7 cm³/mol. The fourth-order valence-electron chi connectivity index (χ4n) is 1.36. The van der Waals surface area contributed by atoms with Crippen molar-refractivity contribution >= 4 is 35.0 Å². The van der Waals surface area contributed by atoms with Crippen LogP contribution < -0.4 is 5.32 Å². The molecule has 0 saturated carbocycles. The smallest absolute Gasteiger partial charge is 0.408 e. The maximum Gasteiger partial charge on any atom is 0.408 e. The SMILES string of the molecule is CC(C)(C)OC(=O)N[C@@H](CC(=O)O)c1ccc(Cl)s1. The third-order valence-corrected chi connectivity index (χ3v) is 3.35. The summed E-state index contributed by atoms with van der Waals surface area (Å²) >= 11 is 7.04. The molecule has 1 atom stereocenters. The summed E-state index contributed by atoms with van der Waals surface area (Å²) < 4.78 is 5.65. The Balaban J connectivity index is 2.76. The van der Waals surface area contributed by atoms with Crippen molar-refractivity contribution in [3.05, 3.63) is 21.3 Å². The number of alkyl carbamates (subject to hydrolysis) is 1. The van der Waals surface area contributed by atoms with E-state index in [9.17, 15) is 9.59 Å². The number of hydrogen-bond acceptors (Lipinski definition) is 4. The molecule has 1 aromatic heterocycles. The van der Waals surface area contributed by atoms with Crippen LogP contribution in [-0.4, -0.2) is 22.8 Å². The molecule has 19 heavy (non-hydrogen) atoms. The predicted octanol–water partition coefficient (Wildman–Crippen LogP) is 3.44. The molecule has 0 saturated heterocycles. The van der Waals surface area contributed by atoms with Crippen LogP contribution in [0.2, 0.25) is 4.34 Å². The Hall–Kier alpha value is -1.27. The normalized spacial score (nSPS) is 12.8. The summed E-state index contributed by atoms with van der Waals surface area (Å²) in [4.78, 5) is 23.2. The molecule has 1 heterocycles. The molecule has 0 unspecified atom stereocenters. The Labute approximate surface area is 120 Å². The van der Waals surface area contributed by atoms with Crippen LogP contribution in [0.4, 0.5) is 4.79 Å². The van der Waals surface area contributed by atoms with Crippen molar-refractivity contribution in [1.29, 1.82) is 0 Å². The number of carbonyl (C=O) groups is 2. The highest BCUT2D eigenvalue weighted by Crippen LogP contribution is 2.29. The number of nitrogens with one attached hydrogen (secondary N) is 1. The minimum absolute atomic E-state index is 0.226. The number of rotatable bonds is 4. The van der Waals surface area contributed by atoms with E-state index < -0.39 is 23.7 Å². The standard InChI is InChI=1S/C12H16ClNO4S/c1-12(2,3)18-11(17)14-7(6-10(15)16)8-4-5-9(13)19-8/h4-5,7H,6H2,1-3H3,(H,14,17)(H,15,16)/t7-/m0/s1. The lowest BCUT2D eigenvalue weighted by Crippen LogP contribution is -2.35. The quantitative estimate of drug-likeness (QED) is 0.893. The summed E-state index contributed by atoms with van der Waals surface area (Å²) in [6.07, 6.45) is -0.876. The van der Waals surface area contributed by atoms with Crippen molar-refractivity contribution < 1.29 is 19.4 Å². The van der Waals surface area contributed by atoms with Crippen LogP contribution in [0.25, 0.3) is 0 Å². The molecule has 0 fully saturated rings. The van der Waals surface area contributed by atoms with E-state index in [2.05, 4.69) is 5.32 Å². The van der Waals surface area contributed by atoms with Gasteiger partial charge in [-0.2, -0.15) is 0 Å². The highest BCUT2D eigenvalue weighted by Gasteiger charge is 2.23. The summed E-state index contributed by atoms with van der Waals surface area (Å²) in [5, 5.41) is 11.4. The second-order valence-electron chi connectivity index (χ2n) is 4.94. The molecule has 0 aromatic carbocycles. The van der Waals surface area contributed by atoms with Crippen LogP contribution in [0.3, 0.4) is 0 Å². The zero-order chi connectivity index (χ0) is 14.6. The van der Waals surface area contributed by atoms with E-state index in [1.165, 1.54) is 11.3 Å². The van der Waals surface area contributed by atoms with Gasteiger partial charge in [0, 0.05) is 4.88 Å². The monoisotopic (exact) mass is 305 g/mol. The van der Waals surface area contributed by atoms with Crippen LogP contribution in [0.5, 0.6) is 0 Å². The molecule has 5 nitrogen and oxygen atoms in total. The lowest BCUT2D eigenvalue weighted by molar-refractivity contribution is -0.137. The van der Waals surface area contributed by atoms with Crippen molar-refractivity contribution in [2.75, 3.05) is 0 Å². The molecule has 106 valence electrons. The summed E-state index contributed by atoms with van der Waals surface area (Å²) in [7, 11) is 0. The van der Waals surface area contributed by atoms with Gasteiger partial charge in [0.2, 0.25) is 0 Å². The topological polar surface area (TPSA) is 75.6 Å². The number of carboxylic acid groups (broad SMARTS) is 1. The van der Waals surface area contributed by atoms with E-state index in [0.29, 0.717) is 9.21 Å². The Bertz CT molecular complexity index is 467. The molecule has 2 N–H and O–H groups in total. The van der Waals surface area contributed by atoms with Gasteiger partial charge in [-0.1, -0.05) is 11.6 Å². The molecule has 0 bridgehead atoms. The van der Waals surface area contributed by atoms with Crippen LogP contribution in [0, 0.1) is 0 Å². The molecule has 0 aliphatic carbocycles. The van der Waals surface area contributed by atoms with E-state index >= 15 is 0 Å². The van der Waals surface area contributed by atoms with Crippen molar-refractivity contribution in [2.45, 2.75) is 38.8 Å². The first-order valence-corrected chi connectivity index (χ1v) is 6.83. The Morgan fingerprint density at radius 2 is 2.11 bits per heavy atom. The van der Waals surface area contributed by atoms with Crippen molar-refractivity contribution in [3.8, 4) is 0 Å². The lowest BCUT2D eigenvalue weighted by Gasteiger charge is -2.22. The number of amides is 1. The molecule has 0 spiro atoms. The molecule has 0 aliphatic heterocycles. The Morgan fingerprint density at radius 1 is 1.47 bits per heavy atom. The molecular formula is C12H16ClNO4S. The first kappa shape index (κ1) is 15.8. The molecule has 1 aromatic rings. The minimum Gasteiger partial charge on any atom is -0.481 e. The van der Waals surface area contributed by atoms with E-state index in [4.69, 9.17) is 21.4 Å². The average Bonchev–Trinajstić information content (AvgIpc) is 2.60. The molecule has 0 radical (unpaired) electrons. The first-order valence-electron chi connectivity index (χ1n) is 5.64. The van der Waals surface area contributed by atoms with Crippen molar-refractivity contribution in [1.82, 2.24) is 5.32 Å². The van der Waals surface area contributed by atoms with Gasteiger partial charge in [-0.25, -0.2) is 4.79 Å². The molecule has 1 amide bonds. The van der Waals surface area contributed by atoms with Gasteiger partial charge in [0.05, 0.1) is 16.8 Å². The summed E-state index contributed by atoms with van der Waals surface area (Å²) in [6.45, 7) is 5.21. The zero-order valence-corrected chi connectivity index (χ0v) is 12.5. The average molecular weight is 306 g/mol. The fraction of sp³-hybridized carbons (Fsp3) is 0.500. The van der Waals surface area contributed by atoms with E-state index in [1.54, 1.807) is 32.9 Å². The van der Waals surface area contributed by atoms with E-state index in [-0.39, 0.29) is 6.42 Å².